The standard InChI is InChI=1S/C13H11F2NO2/c1-6(5-17)10-7(2)11-9(16-13(10)18)4-3-8(14)12(11)15/h3-6H,1-2H3,(H,16,18)/t6-/m1/s1. The lowest BCUT2D eigenvalue weighted by atomic mass is 9.96. The molecule has 0 fully saturated rings. The molecule has 0 spiro atoms. The third-order valence-electron chi connectivity index (χ3n) is 3.03. The van der Waals surface area contributed by atoms with Crippen LogP contribution < -0.4 is 5.56 Å². The Morgan fingerprint density at radius 2 is 2.00 bits per heavy atom. The number of nitrogens with one attached hydrogen (secondary N) is 1. The highest BCUT2D eigenvalue weighted by atomic mass is 19.2. The van der Waals surface area contributed by atoms with Crippen LogP contribution in [0.15, 0.2) is 16.9 Å². The minimum absolute atomic E-state index is 0.0123. The van der Waals surface area contributed by atoms with Crippen molar-refractivity contribution in [2.45, 2.75) is 19.8 Å². The monoisotopic (exact) mass is 251 g/mol. The van der Waals surface area contributed by atoms with E-state index in [9.17, 15) is 18.4 Å². The van der Waals surface area contributed by atoms with Gasteiger partial charge in [-0.1, -0.05) is 6.92 Å². The van der Waals surface area contributed by atoms with E-state index in [1.807, 2.05) is 0 Å². The van der Waals surface area contributed by atoms with Crippen LogP contribution in [0.4, 0.5) is 8.78 Å². The third-order valence-corrected chi connectivity index (χ3v) is 3.03. The van der Waals surface area contributed by atoms with Crippen molar-refractivity contribution in [1.29, 1.82) is 0 Å². The number of fused-ring (bicyclic) bond motifs is 1. The van der Waals surface area contributed by atoms with Crippen LogP contribution in [0.1, 0.15) is 24.0 Å². The number of aryl methyl sites for hydroxylation is 1. The molecule has 0 aliphatic heterocycles. The molecule has 0 saturated carbocycles. The number of aromatic nitrogens is 1. The second-order valence-corrected chi connectivity index (χ2v) is 4.20. The van der Waals surface area contributed by atoms with Crippen molar-refractivity contribution < 1.29 is 13.6 Å². The fraction of sp³-hybridized carbons (Fsp3) is 0.231. The van der Waals surface area contributed by atoms with E-state index < -0.39 is 23.1 Å². The zero-order valence-electron chi connectivity index (χ0n) is 9.88. The maximum absolute atomic E-state index is 13.8. The van der Waals surface area contributed by atoms with Gasteiger partial charge in [0, 0.05) is 16.9 Å². The van der Waals surface area contributed by atoms with Crippen molar-refractivity contribution in [2.75, 3.05) is 0 Å². The Hall–Kier alpha value is -2.04. The molecular weight excluding hydrogens is 240 g/mol. The maximum atomic E-state index is 13.8. The van der Waals surface area contributed by atoms with Gasteiger partial charge in [0.15, 0.2) is 11.6 Å². The summed E-state index contributed by atoms with van der Waals surface area (Å²) in [4.78, 5) is 25.1. The number of aromatic amines is 1. The van der Waals surface area contributed by atoms with E-state index in [-0.39, 0.29) is 16.5 Å². The molecule has 1 atom stereocenters. The lowest BCUT2D eigenvalue weighted by Crippen LogP contribution is -2.18. The second kappa shape index (κ2) is 4.33. The number of aldehydes is 1. The van der Waals surface area contributed by atoms with Gasteiger partial charge in [0.25, 0.3) is 5.56 Å². The van der Waals surface area contributed by atoms with Crippen molar-refractivity contribution in [3.05, 3.63) is 45.2 Å². The number of carbonyl (C=O) groups excluding carboxylic acids is 1. The molecule has 18 heavy (non-hydrogen) atoms. The molecule has 0 aliphatic rings. The fourth-order valence-electron chi connectivity index (χ4n) is 2.13. The maximum Gasteiger partial charge on any atom is 0.252 e. The Bertz CT molecular complexity index is 691. The molecule has 1 aromatic heterocycles. The van der Waals surface area contributed by atoms with Crippen LogP contribution in [0.2, 0.25) is 0 Å². The number of halogens is 2. The summed E-state index contributed by atoms with van der Waals surface area (Å²) in [5.41, 5.74) is 0.233. The molecule has 0 amide bonds. The highest BCUT2D eigenvalue weighted by Gasteiger charge is 2.18. The Balaban J connectivity index is 2.96. The number of carbonyl (C=O) groups is 1. The van der Waals surface area contributed by atoms with Gasteiger partial charge in [-0.2, -0.15) is 0 Å². The summed E-state index contributed by atoms with van der Waals surface area (Å²) < 4.78 is 27.0. The third kappa shape index (κ3) is 1.72. The van der Waals surface area contributed by atoms with Crippen molar-refractivity contribution in [3.63, 3.8) is 0 Å². The Morgan fingerprint density at radius 1 is 1.33 bits per heavy atom. The zero-order valence-corrected chi connectivity index (χ0v) is 9.88. The van der Waals surface area contributed by atoms with E-state index in [0.717, 1.165) is 6.07 Å². The van der Waals surface area contributed by atoms with Gasteiger partial charge in [0.1, 0.15) is 6.29 Å². The lowest BCUT2D eigenvalue weighted by Gasteiger charge is -2.11. The lowest BCUT2D eigenvalue weighted by molar-refractivity contribution is -0.108. The van der Waals surface area contributed by atoms with E-state index in [1.165, 1.54) is 19.9 Å². The van der Waals surface area contributed by atoms with Crippen molar-refractivity contribution in [2.24, 2.45) is 0 Å². The van der Waals surface area contributed by atoms with E-state index >= 15 is 0 Å². The normalized spacial score (nSPS) is 12.7. The molecule has 0 unspecified atom stereocenters. The minimum atomic E-state index is -1.01. The van der Waals surface area contributed by atoms with Gasteiger partial charge in [-0.05, 0) is 24.6 Å². The first-order valence-corrected chi connectivity index (χ1v) is 5.43. The largest absolute Gasteiger partial charge is 0.322 e. The van der Waals surface area contributed by atoms with Gasteiger partial charge in [-0.15, -0.1) is 0 Å². The minimum Gasteiger partial charge on any atom is -0.322 e. The predicted octanol–water partition coefficient (Wildman–Crippen LogP) is 2.42. The average molecular weight is 251 g/mol. The summed E-state index contributed by atoms with van der Waals surface area (Å²) >= 11 is 0. The van der Waals surface area contributed by atoms with Crippen LogP contribution in [0.5, 0.6) is 0 Å². The van der Waals surface area contributed by atoms with Gasteiger partial charge in [0.05, 0.1) is 5.52 Å². The van der Waals surface area contributed by atoms with Gasteiger partial charge in [-0.25, -0.2) is 8.78 Å². The van der Waals surface area contributed by atoms with Crippen LogP contribution in [0, 0.1) is 18.6 Å². The van der Waals surface area contributed by atoms with E-state index in [2.05, 4.69) is 4.98 Å². The van der Waals surface area contributed by atoms with Gasteiger partial charge < -0.3 is 9.78 Å². The molecular formula is C13H11F2NO2. The summed E-state index contributed by atoms with van der Waals surface area (Å²) in [6, 6.07) is 2.26. The molecule has 0 saturated heterocycles. The Kier molecular flexibility index (Phi) is 2.98. The van der Waals surface area contributed by atoms with Crippen LogP contribution >= 0.6 is 0 Å². The first kappa shape index (κ1) is 12.4. The summed E-state index contributed by atoms with van der Waals surface area (Å²) in [5, 5.41) is 0.0123. The molecule has 1 heterocycles. The Morgan fingerprint density at radius 3 is 2.61 bits per heavy atom. The first-order chi connectivity index (χ1) is 8.47. The number of hydrogen-bond acceptors (Lipinski definition) is 2. The first-order valence-electron chi connectivity index (χ1n) is 5.43. The summed E-state index contributed by atoms with van der Waals surface area (Å²) in [5.74, 6) is -2.66. The van der Waals surface area contributed by atoms with Gasteiger partial charge >= 0.3 is 0 Å². The molecule has 5 heteroatoms. The predicted molar refractivity (Wildman–Crippen MR) is 63.7 cm³/mol. The SMILES string of the molecule is Cc1c([C@H](C)C=O)c(=O)[nH]c2ccc(F)c(F)c12. The number of rotatable bonds is 2. The van der Waals surface area contributed by atoms with Crippen molar-refractivity contribution >= 4 is 17.2 Å². The Labute approximate surface area is 101 Å². The highest BCUT2D eigenvalue weighted by Crippen LogP contribution is 2.25. The summed E-state index contributed by atoms with van der Waals surface area (Å²) in [7, 11) is 0. The van der Waals surface area contributed by atoms with E-state index in [1.54, 1.807) is 0 Å². The van der Waals surface area contributed by atoms with Crippen molar-refractivity contribution in [1.82, 2.24) is 4.98 Å². The van der Waals surface area contributed by atoms with Crippen LogP contribution in [-0.2, 0) is 4.79 Å². The summed E-state index contributed by atoms with van der Waals surface area (Å²) in [6.07, 6.45) is 0.598. The second-order valence-electron chi connectivity index (χ2n) is 4.20. The van der Waals surface area contributed by atoms with Gasteiger partial charge in [-0.3, -0.25) is 4.79 Å². The molecule has 2 aromatic rings. The number of hydrogen-bond donors (Lipinski definition) is 1. The van der Waals surface area contributed by atoms with Crippen LogP contribution in [0.25, 0.3) is 10.9 Å². The number of H-pyrrole nitrogens is 1. The van der Waals surface area contributed by atoms with Crippen LogP contribution in [0.3, 0.4) is 0 Å². The zero-order chi connectivity index (χ0) is 13.4. The quantitative estimate of drug-likeness (QED) is 0.833. The van der Waals surface area contributed by atoms with E-state index in [4.69, 9.17) is 0 Å². The average Bonchev–Trinajstić information content (AvgIpc) is 2.33. The molecule has 3 nitrogen and oxygen atoms in total. The molecule has 1 N–H and O–H groups in total. The topological polar surface area (TPSA) is 49.9 Å². The van der Waals surface area contributed by atoms with Crippen molar-refractivity contribution in [3.8, 4) is 0 Å². The highest BCUT2D eigenvalue weighted by molar-refractivity contribution is 5.84. The molecule has 0 radical (unpaired) electrons. The number of pyridine rings is 1. The fourth-order valence-corrected chi connectivity index (χ4v) is 2.13. The van der Waals surface area contributed by atoms with Crippen LogP contribution in [-0.4, -0.2) is 11.3 Å². The molecule has 0 bridgehead atoms. The smallest absolute Gasteiger partial charge is 0.252 e. The molecule has 1 aromatic carbocycles. The summed E-state index contributed by atoms with van der Waals surface area (Å²) in [6.45, 7) is 3.04. The van der Waals surface area contributed by atoms with E-state index in [0.29, 0.717) is 11.8 Å². The molecule has 94 valence electrons. The molecule has 2 rings (SSSR count). The molecule has 0 aliphatic carbocycles. The van der Waals surface area contributed by atoms with Gasteiger partial charge in [0.2, 0.25) is 0 Å². The number of benzene rings is 1.